The zero-order valence-electron chi connectivity index (χ0n) is 17.8. The van der Waals surface area contributed by atoms with Crippen LogP contribution in [0.1, 0.15) is 43.0 Å². The topological polar surface area (TPSA) is 75.7 Å². The molecule has 1 N–H and O–H groups in total. The molecule has 162 valence electrons. The van der Waals surface area contributed by atoms with Gasteiger partial charge in [-0.3, -0.25) is 9.10 Å². The third-order valence-electron chi connectivity index (χ3n) is 5.08. The second-order valence-electron chi connectivity index (χ2n) is 8.43. The zero-order valence-corrected chi connectivity index (χ0v) is 19.4. The Kier molecular flexibility index (Phi) is 6.07. The van der Waals surface area contributed by atoms with E-state index in [1.807, 2.05) is 39.0 Å². The number of sulfonamides is 1. The van der Waals surface area contributed by atoms with Crippen molar-refractivity contribution >= 4 is 33.2 Å². The van der Waals surface area contributed by atoms with Crippen LogP contribution in [0.5, 0.6) is 5.75 Å². The lowest BCUT2D eigenvalue weighted by atomic mass is 9.89. The standard InChI is InChI=1S/C22H27ClN2O4S/c1-14-6-8-17-18(12-22(3,4)29-20(17)10-14)24-21(26)13-25(30(5,27)28)19-9-7-16(23)11-15(19)2/h6-11,18H,12-13H2,1-5H3,(H,24,26). The highest BCUT2D eigenvalue weighted by atomic mass is 35.5. The highest BCUT2D eigenvalue weighted by molar-refractivity contribution is 7.92. The summed E-state index contributed by atoms with van der Waals surface area (Å²) in [7, 11) is -3.67. The van der Waals surface area contributed by atoms with Crippen molar-refractivity contribution in [2.75, 3.05) is 17.1 Å². The van der Waals surface area contributed by atoms with Crippen molar-refractivity contribution in [2.45, 2.75) is 45.8 Å². The summed E-state index contributed by atoms with van der Waals surface area (Å²) in [6, 6.07) is 10.5. The van der Waals surface area contributed by atoms with Gasteiger partial charge >= 0.3 is 0 Å². The van der Waals surface area contributed by atoms with Gasteiger partial charge in [-0.25, -0.2) is 8.42 Å². The van der Waals surface area contributed by atoms with Crippen molar-refractivity contribution in [1.82, 2.24) is 5.32 Å². The zero-order chi connectivity index (χ0) is 22.3. The van der Waals surface area contributed by atoms with E-state index in [0.29, 0.717) is 22.7 Å². The molecule has 1 heterocycles. The molecular weight excluding hydrogens is 424 g/mol. The van der Waals surface area contributed by atoms with Crippen molar-refractivity contribution in [1.29, 1.82) is 0 Å². The predicted octanol–water partition coefficient (Wildman–Crippen LogP) is 4.14. The fraction of sp³-hybridized carbons (Fsp3) is 0.409. The van der Waals surface area contributed by atoms with Crippen molar-refractivity contribution in [2.24, 2.45) is 0 Å². The smallest absolute Gasteiger partial charge is 0.241 e. The van der Waals surface area contributed by atoms with Gasteiger partial charge in [-0.15, -0.1) is 0 Å². The summed E-state index contributed by atoms with van der Waals surface area (Å²) in [5.41, 5.74) is 2.61. The van der Waals surface area contributed by atoms with E-state index >= 15 is 0 Å². The predicted molar refractivity (Wildman–Crippen MR) is 120 cm³/mol. The molecule has 3 rings (SSSR count). The Morgan fingerprint density at radius 1 is 1.23 bits per heavy atom. The van der Waals surface area contributed by atoms with Crippen LogP contribution < -0.4 is 14.4 Å². The number of fused-ring (bicyclic) bond motifs is 1. The van der Waals surface area contributed by atoms with Gasteiger partial charge in [-0.2, -0.15) is 0 Å². The monoisotopic (exact) mass is 450 g/mol. The van der Waals surface area contributed by atoms with Crippen LogP contribution in [0.4, 0.5) is 5.69 Å². The number of carbonyl (C=O) groups excluding carboxylic acids is 1. The van der Waals surface area contributed by atoms with E-state index in [0.717, 1.165) is 27.4 Å². The van der Waals surface area contributed by atoms with E-state index in [-0.39, 0.29) is 18.5 Å². The first kappa shape index (κ1) is 22.4. The maximum absolute atomic E-state index is 12.9. The number of hydrogen-bond donors (Lipinski definition) is 1. The molecular formula is C22H27ClN2O4S. The number of ether oxygens (including phenoxy) is 1. The molecule has 0 saturated carbocycles. The van der Waals surface area contributed by atoms with Gasteiger partial charge in [0.15, 0.2) is 0 Å². The molecule has 6 nitrogen and oxygen atoms in total. The average Bonchev–Trinajstić information content (AvgIpc) is 2.58. The van der Waals surface area contributed by atoms with E-state index in [1.165, 1.54) is 0 Å². The van der Waals surface area contributed by atoms with Crippen LogP contribution in [-0.2, 0) is 14.8 Å². The van der Waals surface area contributed by atoms with Gasteiger partial charge < -0.3 is 10.1 Å². The van der Waals surface area contributed by atoms with E-state index in [2.05, 4.69) is 5.32 Å². The first-order valence-corrected chi connectivity index (χ1v) is 11.9. The Hall–Kier alpha value is -2.25. The number of carbonyl (C=O) groups is 1. The van der Waals surface area contributed by atoms with Gasteiger partial charge in [0.1, 0.15) is 17.9 Å². The van der Waals surface area contributed by atoms with Crippen LogP contribution in [0.3, 0.4) is 0 Å². The molecule has 1 aliphatic rings. The molecule has 2 aromatic carbocycles. The molecule has 8 heteroatoms. The number of nitrogens with zero attached hydrogens (tertiary/aromatic N) is 1. The third-order valence-corrected chi connectivity index (χ3v) is 6.44. The number of aryl methyl sites for hydroxylation is 2. The Morgan fingerprint density at radius 2 is 1.93 bits per heavy atom. The molecule has 2 aromatic rings. The van der Waals surface area contributed by atoms with Crippen molar-refractivity contribution < 1.29 is 17.9 Å². The van der Waals surface area contributed by atoms with Gasteiger partial charge in [-0.05, 0) is 63.1 Å². The highest BCUT2D eigenvalue weighted by Gasteiger charge is 2.35. The van der Waals surface area contributed by atoms with Crippen molar-refractivity contribution in [3.05, 3.63) is 58.1 Å². The second-order valence-corrected chi connectivity index (χ2v) is 10.8. The lowest BCUT2D eigenvalue weighted by Gasteiger charge is -2.38. The Balaban J connectivity index is 1.86. The summed E-state index contributed by atoms with van der Waals surface area (Å²) in [5.74, 6) is 0.356. The number of nitrogens with one attached hydrogen (secondary N) is 1. The normalized spacial score (nSPS) is 17.6. The van der Waals surface area contributed by atoms with Gasteiger partial charge in [0.05, 0.1) is 18.0 Å². The number of rotatable bonds is 5. The van der Waals surface area contributed by atoms with Gasteiger partial charge in [-0.1, -0.05) is 23.7 Å². The number of anilines is 1. The van der Waals surface area contributed by atoms with Crippen LogP contribution in [0, 0.1) is 13.8 Å². The van der Waals surface area contributed by atoms with Gasteiger partial charge in [0, 0.05) is 17.0 Å². The molecule has 0 bridgehead atoms. The van der Waals surface area contributed by atoms with Crippen molar-refractivity contribution in [3.8, 4) is 5.75 Å². The molecule has 0 radical (unpaired) electrons. The van der Waals surface area contributed by atoms with E-state index in [4.69, 9.17) is 16.3 Å². The van der Waals surface area contributed by atoms with Gasteiger partial charge in [0.25, 0.3) is 0 Å². The van der Waals surface area contributed by atoms with Crippen LogP contribution >= 0.6 is 11.6 Å². The number of amides is 1. The maximum Gasteiger partial charge on any atom is 0.241 e. The summed E-state index contributed by atoms with van der Waals surface area (Å²) in [6.45, 7) is 7.36. The van der Waals surface area contributed by atoms with Crippen LogP contribution in [0.2, 0.25) is 5.02 Å². The molecule has 0 fully saturated rings. The Labute approximate surface area is 183 Å². The molecule has 1 unspecified atom stereocenters. The Bertz CT molecular complexity index is 1080. The molecule has 0 spiro atoms. The van der Waals surface area contributed by atoms with Crippen LogP contribution in [0.15, 0.2) is 36.4 Å². The SMILES string of the molecule is Cc1ccc2c(c1)OC(C)(C)CC2NC(=O)CN(c1ccc(Cl)cc1C)S(C)(=O)=O. The molecule has 0 saturated heterocycles. The van der Waals surface area contributed by atoms with Crippen LogP contribution in [-0.4, -0.2) is 32.7 Å². The highest BCUT2D eigenvalue weighted by Crippen LogP contribution is 2.40. The average molecular weight is 451 g/mol. The first-order chi connectivity index (χ1) is 13.9. The van der Waals surface area contributed by atoms with Crippen molar-refractivity contribution in [3.63, 3.8) is 0 Å². The van der Waals surface area contributed by atoms with Gasteiger partial charge in [0.2, 0.25) is 15.9 Å². The fourth-order valence-electron chi connectivity index (χ4n) is 3.74. The van der Waals surface area contributed by atoms with E-state index in [9.17, 15) is 13.2 Å². The minimum absolute atomic E-state index is 0.274. The summed E-state index contributed by atoms with van der Waals surface area (Å²) >= 11 is 6.00. The van der Waals surface area contributed by atoms with Crippen LogP contribution in [0.25, 0.3) is 0 Å². The molecule has 0 aromatic heterocycles. The number of halogens is 1. The molecule has 1 atom stereocenters. The number of benzene rings is 2. The van der Waals surface area contributed by atoms with E-state index in [1.54, 1.807) is 25.1 Å². The number of hydrogen-bond acceptors (Lipinski definition) is 4. The minimum atomic E-state index is -3.67. The third kappa shape index (κ3) is 5.08. The maximum atomic E-state index is 12.9. The molecule has 0 aliphatic carbocycles. The quantitative estimate of drug-likeness (QED) is 0.742. The summed E-state index contributed by atoms with van der Waals surface area (Å²) < 4.78 is 32.0. The lowest BCUT2D eigenvalue weighted by Crippen LogP contribution is -2.45. The second kappa shape index (κ2) is 8.12. The summed E-state index contributed by atoms with van der Waals surface area (Å²) in [6.07, 6.45) is 1.66. The lowest BCUT2D eigenvalue weighted by molar-refractivity contribution is -0.120. The van der Waals surface area contributed by atoms with E-state index < -0.39 is 15.6 Å². The first-order valence-electron chi connectivity index (χ1n) is 9.68. The largest absolute Gasteiger partial charge is 0.487 e. The molecule has 1 aliphatic heterocycles. The summed E-state index contributed by atoms with van der Waals surface area (Å²) in [5, 5.41) is 3.51. The summed E-state index contributed by atoms with van der Waals surface area (Å²) in [4.78, 5) is 12.9. The Morgan fingerprint density at radius 3 is 2.57 bits per heavy atom. The fourth-order valence-corrected chi connectivity index (χ4v) is 4.88. The molecule has 30 heavy (non-hydrogen) atoms. The molecule has 1 amide bonds. The minimum Gasteiger partial charge on any atom is -0.487 e.